The van der Waals surface area contributed by atoms with Crippen LogP contribution in [0.15, 0.2) is 48.0 Å². The van der Waals surface area contributed by atoms with E-state index >= 15 is 0 Å². The van der Waals surface area contributed by atoms with Crippen molar-refractivity contribution in [1.29, 1.82) is 0 Å². The first kappa shape index (κ1) is 18.2. The summed E-state index contributed by atoms with van der Waals surface area (Å²) in [5.41, 5.74) is 7.06. The summed E-state index contributed by atoms with van der Waals surface area (Å²) in [6, 6.07) is 15.1. The molecule has 0 fully saturated rings. The molecule has 0 aromatic heterocycles. The van der Waals surface area contributed by atoms with Crippen molar-refractivity contribution < 1.29 is 4.79 Å². The Morgan fingerprint density at radius 1 is 1.00 bits per heavy atom. The molecule has 0 saturated heterocycles. The first-order valence-corrected chi connectivity index (χ1v) is 8.57. The number of rotatable bonds is 7. The Bertz CT molecular complexity index is 743. The largest absolute Gasteiger partial charge is 0.309 e. The second kappa shape index (κ2) is 8.60. The van der Waals surface area contributed by atoms with Crippen molar-refractivity contribution in [3.8, 4) is 0 Å². The average molecular weight is 321 g/mol. The quantitative estimate of drug-likeness (QED) is 0.739. The Balaban J connectivity index is 1.97. The molecule has 2 rings (SSSR count). The van der Waals surface area contributed by atoms with Gasteiger partial charge in [0.05, 0.1) is 0 Å². The van der Waals surface area contributed by atoms with Gasteiger partial charge in [0, 0.05) is 13.1 Å². The number of Topliss-reactive ketones (excluding diaryl/α,β-unsaturated/α-hetero) is 1. The van der Waals surface area contributed by atoms with Gasteiger partial charge in [-0.1, -0.05) is 49.4 Å². The molecular formula is C22H27NO. The summed E-state index contributed by atoms with van der Waals surface area (Å²) in [6.45, 7) is 9.45. The fourth-order valence-corrected chi connectivity index (χ4v) is 2.66. The van der Waals surface area contributed by atoms with E-state index in [1.165, 1.54) is 22.3 Å². The maximum atomic E-state index is 11.4. The van der Waals surface area contributed by atoms with Gasteiger partial charge in [-0.2, -0.15) is 0 Å². The second-order valence-corrected chi connectivity index (χ2v) is 6.35. The van der Waals surface area contributed by atoms with Gasteiger partial charge in [-0.15, -0.1) is 0 Å². The fraction of sp³-hybridized carbons (Fsp3) is 0.318. The van der Waals surface area contributed by atoms with E-state index in [9.17, 15) is 4.79 Å². The molecule has 24 heavy (non-hydrogen) atoms. The third-order valence-corrected chi connectivity index (χ3v) is 4.32. The number of hydrogen-bond donors (Lipinski definition) is 1. The zero-order chi connectivity index (χ0) is 17.5. The number of carbonyl (C=O) groups is 1. The number of ketones is 1. The Labute approximate surface area is 145 Å². The van der Waals surface area contributed by atoms with E-state index in [-0.39, 0.29) is 5.78 Å². The molecule has 0 saturated carbocycles. The number of allylic oxidation sites excluding steroid dienone is 1. The summed E-state index contributed by atoms with van der Waals surface area (Å²) in [7, 11) is 0. The van der Waals surface area contributed by atoms with E-state index in [4.69, 9.17) is 0 Å². The monoisotopic (exact) mass is 321 g/mol. The Hall–Kier alpha value is -2.19. The molecule has 0 atom stereocenters. The first-order chi connectivity index (χ1) is 11.5. The van der Waals surface area contributed by atoms with Crippen LogP contribution >= 0.6 is 0 Å². The molecule has 2 aromatic carbocycles. The highest BCUT2D eigenvalue weighted by atomic mass is 16.1. The average Bonchev–Trinajstić information content (AvgIpc) is 2.57. The zero-order valence-electron chi connectivity index (χ0n) is 15.1. The molecule has 0 bridgehead atoms. The Kier molecular flexibility index (Phi) is 6.51. The first-order valence-electron chi connectivity index (χ1n) is 8.57. The van der Waals surface area contributed by atoms with E-state index in [0.29, 0.717) is 0 Å². The van der Waals surface area contributed by atoms with Gasteiger partial charge in [-0.3, -0.25) is 4.79 Å². The molecule has 1 N–H and O–H groups in total. The number of hydrogen-bond acceptors (Lipinski definition) is 2. The second-order valence-electron chi connectivity index (χ2n) is 6.35. The minimum absolute atomic E-state index is 0.120. The van der Waals surface area contributed by atoms with Gasteiger partial charge in [-0.05, 0) is 66.7 Å². The highest BCUT2D eigenvalue weighted by Gasteiger charge is 2.02. The Morgan fingerprint density at radius 2 is 1.67 bits per heavy atom. The SMILES string of the molecule is CCc1cccc(CNCc2ccc(/C=C(\C)C(C)=O)c(C)c2)c1. The molecule has 0 aliphatic heterocycles. The maximum Gasteiger partial charge on any atom is 0.155 e. The van der Waals surface area contributed by atoms with Crippen molar-refractivity contribution in [3.63, 3.8) is 0 Å². The molecule has 2 nitrogen and oxygen atoms in total. The van der Waals surface area contributed by atoms with Crippen molar-refractivity contribution in [2.45, 2.75) is 47.2 Å². The van der Waals surface area contributed by atoms with Gasteiger partial charge in [0.2, 0.25) is 0 Å². The predicted octanol–water partition coefficient (Wildman–Crippen LogP) is 4.84. The summed E-state index contributed by atoms with van der Waals surface area (Å²) >= 11 is 0. The predicted molar refractivity (Wildman–Crippen MR) is 102 cm³/mol. The molecule has 0 unspecified atom stereocenters. The third-order valence-electron chi connectivity index (χ3n) is 4.32. The summed E-state index contributed by atoms with van der Waals surface area (Å²) in [6.07, 6.45) is 3.03. The smallest absolute Gasteiger partial charge is 0.155 e. The van der Waals surface area contributed by atoms with Crippen LogP contribution < -0.4 is 5.32 Å². The van der Waals surface area contributed by atoms with Crippen molar-refractivity contribution in [2.24, 2.45) is 0 Å². The molecule has 0 radical (unpaired) electrons. The van der Waals surface area contributed by atoms with Gasteiger partial charge in [0.25, 0.3) is 0 Å². The standard InChI is InChI=1S/C22H27NO/c1-5-19-7-6-8-20(13-19)14-23-15-21-9-10-22(17(3)11-21)12-16(2)18(4)24/h6-13,23H,5,14-15H2,1-4H3/b16-12+. The van der Waals surface area contributed by atoms with Gasteiger partial charge in [0.15, 0.2) is 5.78 Å². The molecule has 0 heterocycles. The lowest BCUT2D eigenvalue weighted by molar-refractivity contribution is -0.113. The van der Waals surface area contributed by atoms with Gasteiger partial charge < -0.3 is 5.32 Å². The topological polar surface area (TPSA) is 29.1 Å². The zero-order valence-corrected chi connectivity index (χ0v) is 15.1. The molecule has 2 heteroatoms. The molecule has 2 aromatic rings. The lowest BCUT2D eigenvalue weighted by Crippen LogP contribution is -2.13. The number of benzene rings is 2. The van der Waals surface area contributed by atoms with Crippen LogP contribution in [0.4, 0.5) is 0 Å². The van der Waals surface area contributed by atoms with E-state index < -0.39 is 0 Å². The van der Waals surface area contributed by atoms with Crippen molar-refractivity contribution in [3.05, 3.63) is 75.9 Å². The van der Waals surface area contributed by atoms with E-state index in [1.54, 1.807) is 6.92 Å². The summed E-state index contributed by atoms with van der Waals surface area (Å²) in [5.74, 6) is 0.120. The molecule has 0 spiro atoms. The number of carbonyl (C=O) groups excluding carboxylic acids is 1. The Morgan fingerprint density at radius 3 is 2.29 bits per heavy atom. The highest BCUT2D eigenvalue weighted by molar-refractivity contribution is 5.97. The molecule has 0 aliphatic rings. The van der Waals surface area contributed by atoms with Crippen LogP contribution in [0.1, 0.15) is 48.6 Å². The summed E-state index contributed by atoms with van der Waals surface area (Å²) in [4.78, 5) is 11.4. The number of aryl methyl sites for hydroxylation is 2. The summed E-state index contributed by atoms with van der Waals surface area (Å²) in [5, 5.41) is 3.51. The van der Waals surface area contributed by atoms with Crippen LogP contribution in [0.3, 0.4) is 0 Å². The lowest BCUT2D eigenvalue weighted by atomic mass is 10.0. The van der Waals surface area contributed by atoms with E-state index in [1.807, 2.05) is 13.0 Å². The minimum atomic E-state index is 0.120. The van der Waals surface area contributed by atoms with Crippen molar-refractivity contribution in [2.75, 3.05) is 0 Å². The minimum Gasteiger partial charge on any atom is -0.309 e. The molecular weight excluding hydrogens is 294 g/mol. The number of nitrogens with one attached hydrogen (secondary N) is 1. The van der Waals surface area contributed by atoms with Crippen molar-refractivity contribution >= 4 is 11.9 Å². The van der Waals surface area contributed by atoms with Crippen molar-refractivity contribution in [1.82, 2.24) is 5.32 Å². The van der Waals surface area contributed by atoms with Gasteiger partial charge in [0.1, 0.15) is 0 Å². The van der Waals surface area contributed by atoms with Gasteiger partial charge >= 0.3 is 0 Å². The van der Waals surface area contributed by atoms with E-state index in [0.717, 1.165) is 30.6 Å². The third kappa shape index (κ3) is 5.17. The van der Waals surface area contributed by atoms with Crippen LogP contribution in [-0.2, 0) is 24.3 Å². The van der Waals surface area contributed by atoms with Crippen LogP contribution in [-0.4, -0.2) is 5.78 Å². The van der Waals surface area contributed by atoms with Crippen LogP contribution in [0, 0.1) is 6.92 Å². The molecule has 0 amide bonds. The fourth-order valence-electron chi connectivity index (χ4n) is 2.66. The highest BCUT2D eigenvalue weighted by Crippen LogP contribution is 2.15. The van der Waals surface area contributed by atoms with Crippen LogP contribution in [0.25, 0.3) is 6.08 Å². The normalized spacial score (nSPS) is 11.6. The maximum absolute atomic E-state index is 11.4. The molecule has 126 valence electrons. The van der Waals surface area contributed by atoms with Gasteiger partial charge in [-0.25, -0.2) is 0 Å². The van der Waals surface area contributed by atoms with Crippen LogP contribution in [0.2, 0.25) is 0 Å². The molecule has 0 aliphatic carbocycles. The lowest BCUT2D eigenvalue weighted by Gasteiger charge is -2.09. The summed E-state index contributed by atoms with van der Waals surface area (Å²) < 4.78 is 0. The van der Waals surface area contributed by atoms with E-state index in [2.05, 4.69) is 61.6 Å². The van der Waals surface area contributed by atoms with Crippen LogP contribution in [0.5, 0.6) is 0 Å².